The van der Waals surface area contributed by atoms with Gasteiger partial charge in [-0.1, -0.05) is 43.0 Å². The minimum atomic E-state index is -0.343. The van der Waals surface area contributed by atoms with Crippen molar-refractivity contribution in [1.82, 2.24) is 10.6 Å². The highest BCUT2D eigenvalue weighted by Gasteiger charge is 2.06. The molecule has 0 atom stereocenters. The number of para-hydroxylation sites is 1. The average Bonchev–Trinajstić information content (AvgIpc) is 2.72. The normalized spacial score (nSPS) is 10.8. The van der Waals surface area contributed by atoms with Crippen molar-refractivity contribution >= 4 is 11.9 Å². The number of ether oxygens (including phenoxy) is 2. The van der Waals surface area contributed by atoms with Crippen molar-refractivity contribution < 1.29 is 14.3 Å². The second kappa shape index (κ2) is 10.7. The molecule has 0 spiro atoms. The topological polar surface area (TPSA) is 72.0 Å². The van der Waals surface area contributed by atoms with Crippen LogP contribution in [0.25, 0.3) is 0 Å². The predicted molar refractivity (Wildman–Crippen MR) is 107 cm³/mol. The van der Waals surface area contributed by atoms with Gasteiger partial charge in [0.2, 0.25) is 0 Å². The SMILES string of the molecule is C=CCOc1ccccc1CNC(=NC)NCc1ccc(C(=O)OC)cc1. The molecule has 0 amide bonds. The summed E-state index contributed by atoms with van der Waals surface area (Å²) < 4.78 is 10.4. The van der Waals surface area contributed by atoms with Crippen molar-refractivity contribution in [2.75, 3.05) is 20.8 Å². The largest absolute Gasteiger partial charge is 0.489 e. The number of hydrogen-bond acceptors (Lipinski definition) is 4. The monoisotopic (exact) mass is 367 g/mol. The summed E-state index contributed by atoms with van der Waals surface area (Å²) in [6.07, 6.45) is 1.72. The third kappa shape index (κ3) is 6.18. The van der Waals surface area contributed by atoms with Crippen molar-refractivity contribution in [1.29, 1.82) is 0 Å². The second-order valence-corrected chi connectivity index (χ2v) is 5.68. The fourth-order valence-electron chi connectivity index (χ4n) is 2.40. The number of esters is 1. The van der Waals surface area contributed by atoms with Gasteiger partial charge in [-0.2, -0.15) is 0 Å². The smallest absolute Gasteiger partial charge is 0.337 e. The van der Waals surface area contributed by atoms with E-state index in [1.54, 1.807) is 25.3 Å². The summed E-state index contributed by atoms with van der Waals surface area (Å²) in [4.78, 5) is 15.7. The highest BCUT2D eigenvalue weighted by atomic mass is 16.5. The molecule has 2 aromatic carbocycles. The first-order valence-corrected chi connectivity index (χ1v) is 8.61. The maximum atomic E-state index is 11.5. The molecule has 0 fully saturated rings. The first-order chi connectivity index (χ1) is 13.2. The van der Waals surface area contributed by atoms with Gasteiger partial charge in [0.1, 0.15) is 12.4 Å². The summed E-state index contributed by atoms with van der Waals surface area (Å²) in [6, 6.07) is 15.1. The van der Waals surface area contributed by atoms with Crippen LogP contribution < -0.4 is 15.4 Å². The van der Waals surface area contributed by atoms with Crippen LogP contribution in [0.15, 0.2) is 66.2 Å². The van der Waals surface area contributed by atoms with Gasteiger partial charge in [-0.15, -0.1) is 0 Å². The Morgan fingerprint density at radius 1 is 1.11 bits per heavy atom. The Hall–Kier alpha value is -3.28. The highest BCUT2D eigenvalue weighted by molar-refractivity contribution is 5.89. The van der Waals surface area contributed by atoms with Gasteiger partial charge in [-0.25, -0.2) is 4.79 Å². The standard InChI is InChI=1S/C21H25N3O3/c1-4-13-27-19-8-6-5-7-18(19)15-24-21(22-2)23-14-16-9-11-17(12-10-16)20(25)26-3/h4-12H,1,13-15H2,2-3H3,(H2,22,23,24). The Morgan fingerprint density at radius 2 is 1.81 bits per heavy atom. The molecule has 6 nitrogen and oxygen atoms in total. The van der Waals surface area contributed by atoms with Crippen molar-refractivity contribution in [3.05, 3.63) is 77.9 Å². The summed E-state index contributed by atoms with van der Waals surface area (Å²) in [6.45, 7) is 5.29. The molecule has 0 aliphatic heterocycles. The van der Waals surface area contributed by atoms with E-state index in [1.165, 1.54) is 7.11 Å². The van der Waals surface area contributed by atoms with E-state index < -0.39 is 0 Å². The number of guanidine groups is 1. The first kappa shape index (κ1) is 20.0. The zero-order valence-electron chi connectivity index (χ0n) is 15.7. The Balaban J connectivity index is 1.89. The van der Waals surface area contributed by atoms with Crippen LogP contribution in [-0.2, 0) is 17.8 Å². The minimum Gasteiger partial charge on any atom is -0.489 e. The molecule has 0 unspecified atom stereocenters. The van der Waals surface area contributed by atoms with Gasteiger partial charge in [-0.05, 0) is 23.8 Å². The summed E-state index contributed by atoms with van der Waals surface area (Å²) in [5, 5.41) is 6.52. The van der Waals surface area contributed by atoms with Gasteiger partial charge in [0.15, 0.2) is 5.96 Å². The third-order valence-corrected chi connectivity index (χ3v) is 3.83. The van der Waals surface area contributed by atoms with E-state index in [4.69, 9.17) is 9.47 Å². The summed E-state index contributed by atoms with van der Waals surface area (Å²) >= 11 is 0. The van der Waals surface area contributed by atoms with Gasteiger partial charge < -0.3 is 20.1 Å². The maximum absolute atomic E-state index is 11.5. The molecule has 0 radical (unpaired) electrons. The lowest BCUT2D eigenvalue weighted by molar-refractivity contribution is 0.0600. The van der Waals surface area contributed by atoms with Crippen LogP contribution in [0, 0.1) is 0 Å². The molecule has 2 N–H and O–H groups in total. The molecule has 142 valence electrons. The zero-order chi connectivity index (χ0) is 19.5. The number of carbonyl (C=O) groups is 1. The van der Waals surface area contributed by atoms with E-state index in [2.05, 4.69) is 22.2 Å². The van der Waals surface area contributed by atoms with Gasteiger partial charge >= 0.3 is 5.97 Å². The van der Waals surface area contributed by atoms with Crippen LogP contribution in [0.1, 0.15) is 21.5 Å². The van der Waals surface area contributed by atoms with Gasteiger partial charge in [0.05, 0.1) is 12.7 Å². The number of carbonyl (C=O) groups excluding carboxylic acids is 1. The van der Waals surface area contributed by atoms with Crippen molar-refractivity contribution in [2.24, 2.45) is 4.99 Å². The molecule has 0 bridgehead atoms. The van der Waals surface area contributed by atoms with E-state index in [0.29, 0.717) is 31.2 Å². The molecule has 6 heteroatoms. The van der Waals surface area contributed by atoms with E-state index in [-0.39, 0.29) is 5.97 Å². The fourth-order valence-corrected chi connectivity index (χ4v) is 2.40. The summed E-state index contributed by atoms with van der Waals surface area (Å²) in [5.74, 6) is 1.15. The molecule has 2 rings (SSSR count). The molecule has 0 aliphatic rings. The van der Waals surface area contributed by atoms with Crippen LogP contribution in [0.2, 0.25) is 0 Å². The van der Waals surface area contributed by atoms with E-state index in [9.17, 15) is 4.79 Å². The third-order valence-electron chi connectivity index (χ3n) is 3.83. The highest BCUT2D eigenvalue weighted by Crippen LogP contribution is 2.17. The molecule has 0 heterocycles. The quantitative estimate of drug-likeness (QED) is 0.325. The lowest BCUT2D eigenvalue weighted by atomic mass is 10.1. The summed E-state index contributed by atoms with van der Waals surface area (Å²) in [5.41, 5.74) is 2.59. The molecule has 2 aromatic rings. The Kier molecular flexibility index (Phi) is 7.91. The van der Waals surface area contributed by atoms with Crippen LogP contribution in [-0.4, -0.2) is 32.7 Å². The van der Waals surface area contributed by atoms with E-state index in [1.807, 2.05) is 36.4 Å². The van der Waals surface area contributed by atoms with Crippen LogP contribution in [0.4, 0.5) is 0 Å². The van der Waals surface area contributed by atoms with Crippen molar-refractivity contribution in [2.45, 2.75) is 13.1 Å². The van der Waals surface area contributed by atoms with Gasteiger partial charge in [0, 0.05) is 25.7 Å². The zero-order valence-corrected chi connectivity index (χ0v) is 15.7. The number of hydrogen-bond donors (Lipinski definition) is 2. The number of methoxy groups -OCH3 is 1. The van der Waals surface area contributed by atoms with Crippen molar-refractivity contribution in [3.63, 3.8) is 0 Å². The van der Waals surface area contributed by atoms with Gasteiger partial charge in [-0.3, -0.25) is 4.99 Å². The number of nitrogens with zero attached hydrogens (tertiary/aromatic N) is 1. The number of rotatable bonds is 8. The lowest BCUT2D eigenvalue weighted by Crippen LogP contribution is -2.36. The van der Waals surface area contributed by atoms with Crippen molar-refractivity contribution in [3.8, 4) is 5.75 Å². The molecule has 0 aromatic heterocycles. The molecule has 0 saturated carbocycles. The maximum Gasteiger partial charge on any atom is 0.337 e. The fraction of sp³-hybridized carbons (Fsp3) is 0.238. The first-order valence-electron chi connectivity index (χ1n) is 8.61. The predicted octanol–water partition coefficient (Wildman–Crippen LogP) is 2.90. The molecule has 0 aliphatic carbocycles. The van der Waals surface area contributed by atoms with E-state index in [0.717, 1.165) is 16.9 Å². The molecule has 27 heavy (non-hydrogen) atoms. The number of aliphatic imine (C=N–C) groups is 1. The van der Waals surface area contributed by atoms with Crippen LogP contribution in [0.3, 0.4) is 0 Å². The molecule has 0 saturated heterocycles. The number of benzene rings is 2. The van der Waals surface area contributed by atoms with Crippen LogP contribution >= 0.6 is 0 Å². The average molecular weight is 367 g/mol. The lowest BCUT2D eigenvalue weighted by Gasteiger charge is -2.14. The number of nitrogens with one attached hydrogen (secondary N) is 2. The molecular weight excluding hydrogens is 342 g/mol. The summed E-state index contributed by atoms with van der Waals surface area (Å²) in [7, 11) is 3.09. The van der Waals surface area contributed by atoms with E-state index >= 15 is 0 Å². The Labute approximate surface area is 159 Å². The second-order valence-electron chi connectivity index (χ2n) is 5.68. The molecular formula is C21H25N3O3. The Morgan fingerprint density at radius 3 is 2.48 bits per heavy atom. The van der Waals surface area contributed by atoms with Crippen LogP contribution in [0.5, 0.6) is 5.75 Å². The Bertz CT molecular complexity index is 786. The minimum absolute atomic E-state index is 0.343. The van der Waals surface area contributed by atoms with Gasteiger partial charge in [0.25, 0.3) is 0 Å².